The maximum atomic E-state index is 11.6. The predicted octanol–water partition coefficient (Wildman–Crippen LogP) is -2.87. The number of hydrogen-bond acceptors (Lipinski definition) is 5. The Morgan fingerprint density at radius 3 is 2.24 bits per heavy atom. The molecular formula is C8H11AsN2O5S. The maximum absolute atomic E-state index is 11.6. The zero-order valence-corrected chi connectivity index (χ0v) is 11.3. The molecule has 1 aromatic carbocycles. The first kappa shape index (κ1) is 14.1. The summed E-state index contributed by atoms with van der Waals surface area (Å²) in [5, 5.41) is 0. The molecule has 0 aliphatic rings. The summed E-state index contributed by atoms with van der Waals surface area (Å²) in [5.41, 5.74) is 4.82. The molecule has 0 saturated carbocycles. The Balaban J connectivity index is 2.89. The van der Waals surface area contributed by atoms with Crippen LogP contribution >= 0.6 is 0 Å². The molecule has 0 atom stereocenters. The number of rotatable bonds is 5. The van der Waals surface area contributed by atoms with Crippen molar-refractivity contribution in [2.45, 2.75) is 4.90 Å². The number of sulfonamides is 1. The molecule has 7 nitrogen and oxygen atoms in total. The van der Waals surface area contributed by atoms with E-state index in [1.807, 2.05) is 4.72 Å². The Labute approximate surface area is 103 Å². The standard InChI is InChI=1S/C8H11AsN2O5S/c10-8(12)5-11-17(15,16)7-3-1-6(2-4-7)9(13)14/h1-4,11,13-14H,5H2,(H2,10,12). The van der Waals surface area contributed by atoms with E-state index in [-0.39, 0.29) is 4.90 Å². The van der Waals surface area contributed by atoms with Crippen LogP contribution in [0.15, 0.2) is 29.2 Å². The summed E-state index contributed by atoms with van der Waals surface area (Å²) in [4.78, 5) is 10.4. The minimum absolute atomic E-state index is 0.0710. The molecule has 1 aromatic rings. The number of benzene rings is 1. The van der Waals surface area contributed by atoms with Crippen molar-refractivity contribution in [1.82, 2.24) is 4.72 Å². The fourth-order valence-corrected chi connectivity index (χ4v) is 2.87. The Kier molecular flexibility index (Phi) is 4.67. The summed E-state index contributed by atoms with van der Waals surface area (Å²) in [6.45, 7) is -0.484. The van der Waals surface area contributed by atoms with Gasteiger partial charge in [0.2, 0.25) is 0 Å². The summed E-state index contributed by atoms with van der Waals surface area (Å²) >= 11 is -2.99. The van der Waals surface area contributed by atoms with E-state index in [1.165, 1.54) is 24.3 Å². The van der Waals surface area contributed by atoms with E-state index < -0.39 is 37.8 Å². The van der Waals surface area contributed by atoms with Crippen LogP contribution in [0.3, 0.4) is 0 Å². The summed E-state index contributed by atoms with van der Waals surface area (Å²) in [6.07, 6.45) is 0. The molecule has 0 radical (unpaired) electrons. The van der Waals surface area contributed by atoms with Crippen LogP contribution in [0.5, 0.6) is 0 Å². The fourth-order valence-electron chi connectivity index (χ4n) is 1.01. The molecule has 9 heteroatoms. The van der Waals surface area contributed by atoms with Crippen molar-refractivity contribution in [1.29, 1.82) is 0 Å². The van der Waals surface area contributed by atoms with E-state index in [2.05, 4.69) is 0 Å². The number of nitrogens with two attached hydrogens (primary N) is 1. The van der Waals surface area contributed by atoms with Crippen LogP contribution < -0.4 is 14.8 Å². The molecule has 0 unspecified atom stereocenters. The van der Waals surface area contributed by atoms with Crippen molar-refractivity contribution in [3.63, 3.8) is 0 Å². The third kappa shape index (κ3) is 4.10. The number of carbonyl (C=O) groups excluding carboxylic acids is 1. The van der Waals surface area contributed by atoms with Gasteiger partial charge in [-0.05, 0) is 0 Å². The van der Waals surface area contributed by atoms with Gasteiger partial charge in [-0.25, -0.2) is 0 Å². The van der Waals surface area contributed by atoms with Gasteiger partial charge in [-0.3, -0.25) is 0 Å². The molecule has 1 amide bonds. The number of primary amides is 1. The molecule has 0 fully saturated rings. The van der Waals surface area contributed by atoms with E-state index in [0.29, 0.717) is 4.35 Å². The van der Waals surface area contributed by atoms with E-state index in [0.717, 1.165) is 0 Å². The van der Waals surface area contributed by atoms with Gasteiger partial charge in [0, 0.05) is 0 Å². The van der Waals surface area contributed by atoms with Crippen LogP contribution in [0.25, 0.3) is 0 Å². The third-order valence-electron chi connectivity index (χ3n) is 1.81. The topological polar surface area (TPSA) is 130 Å². The molecular weight excluding hydrogens is 311 g/mol. The van der Waals surface area contributed by atoms with Crippen molar-refractivity contribution >= 4 is 35.6 Å². The third-order valence-corrected chi connectivity index (χ3v) is 4.83. The summed E-state index contributed by atoms with van der Waals surface area (Å²) in [7, 11) is -3.80. The van der Waals surface area contributed by atoms with E-state index in [1.54, 1.807) is 0 Å². The second-order valence-electron chi connectivity index (χ2n) is 3.07. The average molecular weight is 322 g/mol. The van der Waals surface area contributed by atoms with E-state index in [4.69, 9.17) is 13.9 Å². The van der Waals surface area contributed by atoms with Gasteiger partial charge >= 0.3 is 103 Å². The van der Waals surface area contributed by atoms with Gasteiger partial charge in [0.15, 0.2) is 0 Å². The molecule has 0 aliphatic carbocycles. The van der Waals surface area contributed by atoms with Crippen molar-refractivity contribution in [3.8, 4) is 0 Å². The predicted molar refractivity (Wildman–Crippen MR) is 60.7 cm³/mol. The van der Waals surface area contributed by atoms with Crippen LogP contribution in [0.4, 0.5) is 0 Å². The number of hydrogen-bond donors (Lipinski definition) is 4. The second kappa shape index (κ2) is 5.61. The first-order valence-electron chi connectivity index (χ1n) is 4.39. The van der Waals surface area contributed by atoms with Gasteiger partial charge in [-0.15, -0.1) is 0 Å². The molecule has 1 rings (SSSR count). The van der Waals surface area contributed by atoms with Crippen LogP contribution in [0.2, 0.25) is 0 Å². The quantitative estimate of drug-likeness (QED) is 0.433. The Bertz CT molecular complexity index is 499. The first-order valence-corrected chi connectivity index (χ1v) is 8.49. The van der Waals surface area contributed by atoms with Gasteiger partial charge < -0.3 is 0 Å². The average Bonchev–Trinajstić information content (AvgIpc) is 2.27. The molecule has 0 spiro atoms. The van der Waals surface area contributed by atoms with Crippen molar-refractivity contribution < 1.29 is 21.4 Å². The van der Waals surface area contributed by atoms with E-state index >= 15 is 0 Å². The molecule has 94 valence electrons. The van der Waals surface area contributed by atoms with Crippen LogP contribution in [-0.2, 0) is 14.8 Å². The summed E-state index contributed by atoms with van der Waals surface area (Å²) in [6, 6.07) is 5.09. The summed E-state index contributed by atoms with van der Waals surface area (Å²) < 4.78 is 43.4. The van der Waals surface area contributed by atoms with Crippen molar-refractivity contribution in [3.05, 3.63) is 24.3 Å². The second-order valence-corrected chi connectivity index (χ2v) is 7.14. The van der Waals surface area contributed by atoms with Crippen LogP contribution in [0, 0.1) is 0 Å². The number of nitrogens with one attached hydrogen (secondary N) is 1. The van der Waals surface area contributed by atoms with Crippen LogP contribution in [0.1, 0.15) is 0 Å². The molecule has 0 saturated heterocycles. The van der Waals surface area contributed by atoms with Crippen LogP contribution in [-0.4, -0.2) is 44.4 Å². The van der Waals surface area contributed by atoms with Gasteiger partial charge in [0.05, 0.1) is 0 Å². The molecule has 0 aliphatic heterocycles. The monoisotopic (exact) mass is 322 g/mol. The van der Waals surface area contributed by atoms with Gasteiger partial charge in [0.25, 0.3) is 0 Å². The molecule has 5 N–H and O–H groups in total. The molecule has 17 heavy (non-hydrogen) atoms. The number of carbonyl (C=O) groups is 1. The zero-order valence-electron chi connectivity index (χ0n) is 8.57. The Morgan fingerprint density at radius 1 is 1.29 bits per heavy atom. The van der Waals surface area contributed by atoms with Gasteiger partial charge in [0.1, 0.15) is 0 Å². The first-order chi connectivity index (χ1) is 7.83. The molecule has 0 aromatic heterocycles. The molecule has 0 bridgehead atoms. The number of amides is 1. The molecule has 0 heterocycles. The zero-order chi connectivity index (χ0) is 13.1. The van der Waals surface area contributed by atoms with Crippen molar-refractivity contribution in [2.24, 2.45) is 5.73 Å². The van der Waals surface area contributed by atoms with E-state index in [9.17, 15) is 13.2 Å². The summed E-state index contributed by atoms with van der Waals surface area (Å²) in [5.74, 6) is -0.788. The fraction of sp³-hybridized carbons (Fsp3) is 0.125. The Hall–Kier alpha value is -0.922. The van der Waals surface area contributed by atoms with Gasteiger partial charge in [-0.2, -0.15) is 0 Å². The minimum atomic E-state index is -3.80. The normalized spacial score (nSPS) is 11.7. The van der Waals surface area contributed by atoms with Gasteiger partial charge in [-0.1, -0.05) is 0 Å². The van der Waals surface area contributed by atoms with Crippen molar-refractivity contribution in [2.75, 3.05) is 6.54 Å². The Morgan fingerprint density at radius 2 is 1.82 bits per heavy atom. The SMILES string of the molecule is NC(=O)CNS(=O)(=O)c1ccc([As](O)O)cc1.